The van der Waals surface area contributed by atoms with Gasteiger partial charge in [-0.15, -0.1) is 0 Å². The van der Waals surface area contributed by atoms with Gasteiger partial charge in [0, 0.05) is 13.1 Å². The van der Waals surface area contributed by atoms with E-state index in [1.165, 1.54) is 11.1 Å². The summed E-state index contributed by atoms with van der Waals surface area (Å²) in [6, 6.07) is 8.68. The van der Waals surface area contributed by atoms with Crippen LogP contribution in [-0.2, 0) is 13.1 Å². The molecular weight excluding hydrogens is 159 g/mol. The van der Waals surface area contributed by atoms with Crippen molar-refractivity contribution in [2.24, 2.45) is 0 Å². The summed E-state index contributed by atoms with van der Waals surface area (Å²) in [4.78, 5) is 2.18. The molecular formula is C10H17BN2. The lowest BCUT2D eigenvalue weighted by atomic mass is 10.1. The van der Waals surface area contributed by atoms with Crippen LogP contribution in [0.2, 0.25) is 0 Å². The molecule has 0 aliphatic carbocycles. The Bertz CT molecular complexity index is 261. The molecule has 0 unspecified atom stereocenters. The highest BCUT2D eigenvalue weighted by Crippen LogP contribution is 2.06. The zero-order valence-corrected chi connectivity index (χ0v) is 8.67. The van der Waals surface area contributed by atoms with Gasteiger partial charge in [0.1, 0.15) is 0 Å². The van der Waals surface area contributed by atoms with Crippen LogP contribution in [0.5, 0.6) is 0 Å². The number of nitrogens with zero attached hydrogens (tertiary/aromatic N) is 1. The van der Waals surface area contributed by atoms with E-state index in [2.05, 4.69) is 48.5 Å². The van der Waals surface area contributed by atoms with Crippen molar-refractivity contribution >= 4 is 7.98 Å². The van der Waals surface area contributed by atoms with E-state index >= 15 is 0 Å². The van der Waals surface area contributed by atoms with Gasteiger partial charge in [0.05, 0.1) is 0 Å². The number of benzene rings is 1. The number of rotatable bonds is 4. The van der Waals surface area contributed by atoms with Crippen LogP contribution in [-0.4, -0.2) is 27.0 Å². The summed E-state index contributed by atoms with van der Waals surface area (Å²) in [6.07, 6.45) is 0. The van der Waals surface area contributed by atoms with Crippen molar-refractivity contribution in [1.82, 2.24) is 10.1 Å². The van der Waals surface area contributed by atoms with E-state index in [-0.39, 0.29) is 0 Å². The molecule has 0 aliphatic heterocycles. The zero-order valence-electron chi connectivity index (χ0n) is 8.67. The van der Waals surface area contributed by atoms with Gasteiger partial charge in [0.25, 0.3) is 0 Å². The highest BCUT2D eigenvalue weighted by atomic mass is 15.0. The molecule has 1 rings (SSSR count). The monoisotopic (exact) mass is 176 g/mol. The third-order valence-electron chi connectivity index (χ3n) is 1.87. The topological polar surface area (TPSA) is 15.3 Å². The normalized spacial score (nSPS) is 10.7. The number of nitrogens with one attached hydrogen (secondary N) is 1. The molecule has 0 heterocycles. The molecule has 1 aromatic carbocycles. The first-order chi connectivity index (χ1) is 6.22. The Morgan fingerprint density at radius 1 is 1.31 bits per heavy atom. The Morgan fingerprint density at radius 3 is 2.62 bits per heavy atom. The molecule has 3 heteroatoms. The fourth-order valence-corrected chi connectivity index (χ4v) is 1.41. The molecule has 0 fully saturated rings. The molecule has 0 saturated heterocycles. The van der Waals surface area contributed by atoms with Crippen molar-refractivity contribution in [2.75, 3.05) is 14.1 Å². The summed E-state index contributed by atoms with van der Waals surface area (Å²) in [5, 5.41) is 3.15. The van der Waals surface area contributed by atoms with Gasteiger partial charge in [-0.05, 0) is 25.2 Å². The molecule has 1 aromatic rings. The predicted octanol–water partition coefficient (Wildman–Crippen LogP) is 0.386. The Hall–Kier alpha value is -0.795. The molecule has 70 valence electrons. The first kappa shape index (κ1) is 10.3. The van der Waals surface area contributed by atoms with Crippen LogP contribution in [0, 0.1) is 0 Å². The van der Waals surface area contributed by atoms with Gasteiger partial charge < -0.3 is 10.1 Å². The first-order valence-electron chi connectivity index (χ1n) is 4.59. The van der Waals surface area contributed by atoms with Crippen LogP contribution in [0.3, 0.4) is 0 Å². The minimum atomic E-state index is 0.946. The molecule has 0 amide bonds. The Balaban J connectivity index is 2.67. The van der Waals surface area contributed by atoms with E-state index in [4.69, 9.17) is 0 Å². The van der Waals surface area contributed by atoms with Gasteiger partial charge >= 0.3 is 0 Å². The first-order valence-corrected chi connectivity index (χ1v) is 4.59. The lowest BCUT2D eigenvalue weighted by Gasteiger charge is -2.10. The largest absolute Gasteiger partial charge is 0.358 e. The van der Waals surface area contributed by atoms with Crippen molar-refractivity contribution < 1.29 is 0 Å². The highest BCUT2D eigenvalue weighted by Gasteiger charge is 1.96. The van der Waals surface area contributed by atoms with E-state index in [1.54, 1.807) is 0 Å². The quantitative estimate of drug-likeness (QED) is 0.667. The smallest absolute Gasteiger partial charge is 0.182 e. The molecule has 0 aromatic heterocycles. The summed E-state index contributed by atoms with van der Waals surface area (Å²) < 4.78 is 0. The number of hydrogen-bond acceptors (Lipinski definition) is 2. The lowest BCUT2D eigenvalue weighted by molar-refractivity contribution is 0.402. The molecule has 13 heavy (non-hydrogen) atoms. The molecule has 2 nitrogen and oxygen atoms in total. The van der Waals surface area contributed by atoms with Gasteiger partial charge in [0.15, 0.2) is 7.98 Å². The summed E-state index contributed by atoms with van der Waals surface area (Å²) in [6.45, 7) is 1.96. The standard InChI is InChI=1S/C10H17BN2/c1-13(2)8-10-5-3-4-9(6-10)7-12-11/h3-6,12H,7-8,11H2,1-2H3. The van der Waals surface area contributed by atoms with Crippen LogP contribution in [0.4, 0.5) is 0 Å². The van der Waals surface area contributed by atoms with E-state index in [9.17, 15) is 0 Å². The van der Waals surface area contributed by atoms with Crippen LogP contribution in [0.1, 0.15) is 11.1 Å². The second-order valence-electron chi connectivity index (χ2n) is 3.59. The summed E-state index contributed by atoms with van der Waals surface area (Å²) >= 11 is 0. The van der Waals surface area contributed by atoms with Gasteiger partial charge in [0.2, 0.25) is 0 Å². The van der Waals surface area contributed by atoms with E-state index in [1.807, 2.05) is 7.98 Å². The molecule has 0 atom stereocenters. The molecule has 0 bridgehead atoms. The van der Waals surface area contributed by atoms with E-state index in [0.29, 0.717) is 0 Å². The maximum atomic E-state index is 3.15. The van der Waals surface area contributed by atoms with Crippen molar-refractivity contribution in [2.45, 2.75) is 13.1 Å². The Labute approximate surface area is 81.4 Å². The lowest BCUT2D eigenvalue weighted by Crippen LogP contribution is -2.12. The minimum Gasteiger partial charge on any atom is -0.358 e. The molecule has 0 radical (unpaired) electrons. The van der Waals surface area contributed by atoms with Crippen molar-refractivity contribution in [1.29, 1.82) is 0 Å². The average molecular weight is 176 g/mol. The van der Waals surface area contributed by atoms with Crippen LogP contribution in [0.25, 0.3) is 0 Å². The summed E-state index contributed by atoms with van der Waals surface area (Å²) in [7, 11) is 6.15. The minimum absolute atomic E-state index is 0.946. The molecule has 0 saturated carbocycles. The van der Waals surface area contributed by atoms with Gasteiger partial charge in [-0.3, -0.25) is 0 Å². The van der Waals surface area contributed by atoms with Gasteiger partial charge in [-0.2, -0.15) is 0 Å². The fourth-order valence-electron chi connectivity index (χ4n) is 1.41. The van der Waals surface area contributed by atoms with Crippen molar-refractivity contribution in [3.05, 3.63) is 35.4 Å². The van der Waals surface area contributed by atoms with Gasteiger partial charge in [-0.1, -0.05) is 24.3 Å². The molecule has 1 N–H and O–H groups in total. The second kappa shape index (κ2) is 5.05. The van der Waals surface area contributed by atoms with E-state index < -0.39 is 0 Å². The SMILES string of the molecule is BNCc1cccc(CN(C)C)c1. The van der Waals surface area contributed by atoms with Crippen molar-refractivity contribution in [3.63, 3.8) is 0 Å². The van der Waals surface area contributed by atoms with Crippen LogP contribution < -0.4 is 5.23 Å². The highest BCUT2D eigenvalue weighted by molar-refractivity contribution is 6.04. The maximum absolute atomic E-state index is 3.15. The van der Waals surface area contributed by atoms with E-state index in [0.717, 1.165) is 13.1 Å². The summed E-state index contributed by atoms with van der Waals surface area (Å²) in [5.41, 5.74) is 2.72. The average Bonchev–Trinajstić information content (AvgIpc) is 2.04. The predicted molar refractivity (Wildman–Crippen MR) is 59.2 cm³/mol. The number of hydrogen-bond donors (Lipinski definition) is 1. The van der Waals surface area contributed by atoms with Crippen LogP contribution >= 0.6 is 0 Å². The molecule has 0 spiro atoms. The maximum Gasteiger partial charge on any atom is 0.182 e. The summed E-state index contributed by atoms with van der Waals surface area (Å²) in [5.74, 6) is 0. The third kappa shape index (κ3) is 3.62. The second-order valence-corrected chi connectivity index (χ2v) is 3.59. The van der Waals surface area contributed by atoms with Crippen LogP contribution in [0.15, 0.2) is 24.3 Å². The van der Waals surface area contributed by atoms with Gasteiger partial charge in [-0.25, -0.2) is 0 Å². The Morgan fingerprint density at radius 2 is 2.00 bits per heavy atom. The molecule has 0 aliphatic rings. The Kier molecular flexibility index (Phi) is 3.99. The zero-order chi connectivity index (χ0) is 9.68. The third-order valence-corrected chi connectivity index (χ3v) is 1.87. The fraction of sp³-hybridized carbons (Fsp3) is 0.400. The van der Waals surface area contributed by atoms with Crippen molar-refractivity contribution in [3.8, 4) is 0 Å².